The van der Waals surface area contributed by atoms with Gasteiger partial charge < -0.3 is 10.5 Å². The van der Waals surface area contributed by atoms with Gasteiger partial charge in [0.1, 0.15) is 0 Å². The number of tetrazole rings is 1. The molecule has 2 aromatic rings. The highest BCUT2D eigenvalue weighted by Gasteiger charge is 2.21. The summed E-state index contributed by atoms with van der Waals surface area (Å²) in [5, 5.41) is 11.3. The molecule has 6 nitrogen and oxygen atoms in total. The van der Waals surface area contributed by atoms with Crippen molar-refractivity contribution in [2.24, 2.45) is 5.92 Å². The van der Waals surface area contributed by atoms with E-state index in [-0.39, 0.29) is 11.3 Å². The van der Waals surface area contributed by atoms with Crippen LogP contribution in [-0.4, -0.2) is 33.4 Å². The van der Waals surface area contributed by atoms with Gasteiger partial charge in [0.2, 0.25) is 0 Å². The van der Waals surface area contributed by atoms with Crippen LogP contribution in [0.3, 0.4) is 0 Å². The number of hydrogen-bond donors (Lipinski definition) is 1. The standard InChI is InChI=1S/C12H13F2N5O/c13-9-3-8(11(15)4-10(9)14)12-16-17-18-19(12)5-7-1-2-20-6-7/h3-4,7H,1-2,5-6,15H2. The summed E-state index contributed by atoms with van der Waals surface area (Å²) in [4.78, 5) is 0. The first-order chi connectivity index (χ1) is 9.65. The van der Waals surface area contributed by atoms with Crippen LogP contribution in [0.5, 0.6) is 0 Å². The van der Waals surface area contributed by atoms with Crippen molar-refractivity contribution in [2.75, 3.05) is 18.9 Å². The lowest BCUT2D eigenvalue weighted by molar-refractivity contribution is 0.181. The second-order valence-corrected chi connectivity index (χ2v) is 4.77. The summed E-state index contributed by atoms with van der Waals surface area (Å²) < 4.78 is 33.3. The Bertz CT molecular complexity index is 624. The van der Waals surface area contributed by atoms with Crippen molar-refractivity contribution in [3.63, 3.8) is 0 Å². The van der Waals surface area contributed by atoms with E-state index in [4.69, 9.17) is 10.5 Å². The molecular weight excluding hydrogens is 268 g/mol. The maximum Gasteiger partial charge on any atom is 0.184 e. The van der Waals surface area contributed by atoms with Crippen LogP contribution >= 0.6 is 0 Å². The first kappa shape index (κ1) is 12.9. The minimum Gasteiger partial charge on any atom is -0.398 e. The van der Waals surface area contributed by atoms with Gasteiger partial charge in [0.05, 0.1) is 13.2 Å². The molecule has 0 saturated carbocycles. The number of ether oxygens (including phenoxy) is 1. The molecule has 3 rings (SSSR count). The Kier molecular flexibility index (Phi) is 3.31. The zero-order valence-corrected chi connectivity index (χ0v) is 10.6. The Hall–Kier alpha value is -2.09. The second kappa shape index (κ2) is 5.12. The topological polar surface area (TPSA) is 78.9 Å². The summed E-state index contributed by atoms with van der Waals surface area (Å²) >= 11 is 0. The minimum atomic E-state index is -0.991. The van der Waals surface area contributed by atoms with Gasteiger partial charge in [-0.3, -0.25) is 0 Å². The lowest BCUT2D eigenvalue weighted by Gasteiger charge is -2.10. The van der Waals surface area contributed by atoms with Gasteiger partial charge in [0.15, 0.2) is 17.5 Å². The molecule has 20 heavy (non-hydrogen) atoms. The molecule has 1 aromatic carbocycles. The lowest BCUT2D eigenvalue weighted by atomic mass is 10.1. The third kappa shape index (κ3) is 2.34. The second-order valence-electron chi connectivity index (χ2n) is 4.77. The number of hydrogen-bond acceptors (Lipinski definition) is 5. The van der Waals surface area contributed by atoms with Gasteiger partial charge in [-0.25, -0.2) is 13.5 Å². The van der Waals surface area contributed by atoms with E-state index < -0.39 is 11.6 Å². The van der Waals surface area contributed by atoms with Crippen molar-refractivity contribution in [2.45, 2.75) is 13.0 Å². The number of anilines is 1. The van der Waals surface area contributed by atoms with Gasteiger partial charge >= 0.3 is 0 Å². The molecule has 2 N–H and O–H groups in total. The molecule has 1 fully saturated rings. The van der Waals surface area contributed by atoms with Crippen molar-refractivity contribution in [3.8, 4) is 11.4 Å². The highest BCUT2D eigenvalue weighted by molar-refractivity contribution is 5.71. The van der Waals surface area contributed by atoms with Crippen LogP contribution in [0.15, 0.2) is 12.1 Å². The Morgan fingerprint density at radius 3 is 2.90 bits per heavy atom. The summed E-state index contributed by atoms with van der Waals surface area (Å²) in [6.45, 7) is 1.92. The predicted molar refractivity (Wildman–Crippen MR) is 66.5 cm³/mol. The van der Waals surface area contributed by atoms with E-state index in [1.807, 2.05) is 0 Å². The average Bonchev–Trinajstić information content (AvgIpc) is 3.06. The van der Waals surface area contributed by atoms with E-state index in [0.717, 1.165) is 25.2 Å². The quantitative estimate of drug-likeness (QED) is 0.856. The molecule has 1 aliphatic heterocycles. The number of rotatable bonds is 3. The molecule has 106 valence electrons. The van der Waals surface area contributed by atoms with Gasteiger partial charge in [0, 0.05) is 29.8 Å². The van der Waals surface area contributed by atoms with E-state index in [1.54, 1.807) is 4.68 Å². The van der Waals surface area contributed by atoms with Crippen molar-refractivity contribution < 1.29 is 13.5 Å². The summed E-state index contributed by atoms with van der Waals surface area (Å²) in [6, 6.07) is 1.94. The van der Waals surface area contributed by atoms with Crippen LogP contribution in [0.2, 0.25) is 0 Å². The predicted octanol–water partition coefficient (Wildman–Crippen LogP) is 1.24. The summed E-state index contributed by atoms with van der Waals surface area (Å²) in [7, 11) is 0. The summed E-state index contributed by atoms with van der Waals surface area (Å²) in [5.74, 6) is -1.33. The van der Waals surface area contributed by atoms with Crippen molar-refractivity contribution >= 4 is 5.69 Å². The van der Waals surface area contributed by atoms with E-state index in [2.05, 4.69) is 15.5 Å². The van der Waals surface area contributed by atoms with E-state index in [9.17, 15) is 8.78 Å². The third-order valence-electron chi connectivity index (χ3n) is 3.32. The largest absolute Gasteiger partial charge is 0.398 e. The third-order valence-corrected chi connectivity index (χ3v) is 3.32. The van der Waals surface area contributed by atoms with Crippen LogP contribution in [0.25, 0.3) is 11.4 Å². The maximum absolute atomic E-state index is 13.4. The molecular formula is C12H13F2N5O. The van der Waals surface area contributed by atoms with E-state index >= 15 is 0 Å². The lowest BCUT2D eigenvalue weighted by Crippen LogP contribution is -2.13. The minimum absolute atomic E-state index is 0.0996. The Labute approximate surface area is 113 Å². The molecule has 1 saturated heterocycles. The SMILES string of the molecule is Nc1cc(F)c(F)cc1-c1nnnn1CC1CCOC1. The van der Waals surface area contributed by atoms with Gasteiger partial charge in [-0.05, 0) is 22.9 Å². The normalized spacial score (nSPS) is 18.6. The molecule has 1 aliphatic rings. The van der Waals surface area contributed by atoms with Crippen molar-refractivity contribution in [1.82, 2.24) is 20.2 Å². The zero-order valence-electron chi connectivity index (χ0n) is 10.6. The smallest absolute Gasteiger partial charge is 0.184 e. The Balaban J connectivity index is 1.94. The Morgan fingerprint density at radius 1 is 1.35 bits per heavy atom. The monoisotopic (exact) mass is 281 g/mol. The maximum atomic E-state index is 13.4. The highest BCUT2D eigenvalue weighted by atomic mass is 19.2. The van der Waals surface area contributed by atoms with Crippen LogP contribution in [0, 0.1) is 17.6 Å². The number of halogens is 2. The fourth-order valence-electron chi connectivity index (χ4n) is 2.25. The summed E-state index contributed by atoms with van der Waals surface area (Å²) in [5.41, 5.74) is 6.10. The number of aromatic nitrogens is 4. The van der Waals surface area contributed by atoms with Crippen LogP contribution in [0.1, 0.15) is 6.42 Å². The number of benzene rings is 1. The molecule has 1 unspecified atom stereocenters. The molecule has 8 heteroatoms. The van der Waals surface area contributed by atoms with Crippen molar-refractivity contribution in [1.29, 1.82) is 0 Å². The van der Waals surface area contributed by atoms with Gasteiger partial charge in [-0.2, -0.15) is 0 Å². The van der Waals surface area contributed by atoms with Crippen LogP contribution in [-0.2, 0) is 11.3 Å². The summed E-state index contributed by atoms with van der Waals surface area (Å²) in [6.07, 6.45) is 0.923. The Morgan fingerprint density at radius 2 is 2.15 bits per heavy atom. The molecule has 0 bridgehead atoms. The first-order valence-electron chi connectivity index (χ1n) is 6.24. The van der Waals surface area contributed by atoms with Crippen LogP contribution < -0.4 is 5.73 Å². The average molecular weight is 281 g/mol. The molecule has 1 aromatic heterocycles. The van der Waals surface area contributed by atoms with Gasteiger partial charge in [-0.1, -0.05) is 0 Å². The molecule has 0 aliphatic carbocycles. The number of nitrogens with zero attached hydrogens (tertiary/aromatic N) is 4. The highest BCUT2D eigenvalue weighted by Crippen LogP contribution is 2.27. The molecule has 1 atom stereocenters. The molecule has 0 radical (unpaired) electrons. The number of nitrogen functional groups attached to an aromatic ring is 1. The van der Waals surface area contributed by atoms with Gasteiger partial charge in [-0.15, -0.1) is 5.10 Å². The van der Waals surface area contributed by atoms with E-state index in [1.165, 1.54) is 0 Å². The molecule has 0 amide bonds. The van der Waals surface area contributed by atoms with E-state index in [0.29, 0.717) is 24.9 Å². The molecule has 0 spiro atoms. The van der Waals surface area contributed by atoms with Crippen molar-refractivity contribution in [3.05, 3.63) is 23.8 Å². The van der Waals surface area contributed by atoms with Crippen LogP contribution in [0.4, 0.5) is 14.5 Å². The molecule has 2 heterocycles. The fraction of sp³-hybridized carbons (Fsp3) is 0.417. The first-order valence-corrected chi connectivity index (χ1v) is 6.24. The van der Waals surface area contributed by atoms with Gasteiger partial charge in [0.25, 0.3) is 0 Å². The zero-order chi connectivity index (χ0) is 14.1. The number of nitrogens with two attached hydrogens (primary N) is 1. The fourth-order valence-corrected chi connectivity index (χ4v) is 2.25.